The third-order valence-corrected chi connectivity index (χ3v) is 2.58. The Labute approximate surface area is 113 Å². The Kier molecular flexibility index (Phi) is 3.60. The molecule has 0 aliphatic carbocycles. The molecule has 0 unspecified atom stereocenters. The molecule has 0 aliphatic rings. The van der Waals surface area contributed by atoms with E-state index >= 15 is 0 Å². The summed E-state index contributed by atoms with van der Waals surface area (Å²) >= 11 is 0. The number of carbonyl (C=O) groups is 1. The molecule has 0 bridgehead atoms. The number of nitrogens with zero attached hydrogens (tertiary/aromatic N) is 1. The molecule has 7 heteroatoms. The number of nitro benzene ring substituents is 1. The first-order valence-electron chi connectivity index (χ1n) is 5.58. The highest BCUT2D eigenvalue weighted by atomic mass is 19.1. The van der Waals surface area contributed by atoms with Crippen molar-refractivity contribution in [2.45, 2.75) is 0 Å². The van der Waals surface area contributed by atoms with Gasteiger partial charge in [-0.25, -0.2) is 4.39 Å². The van der Waals surface area contributed by atoms with E-state index in [0.717, 1.165) is 12.1 Å². The number of nitro groups is 1. The topological polar surface area (TPSA) is 98.3 Å². The fourth-order valence-corrected chi connectivity index (χ4v) is 1.57. The van der Waals surface area contributed by atoms with Crippen LogP contribution in [0.4, 0.5) is 21.5 Å². The van der Waals surface area contributed by atoms with Crippen LogP contribution in [0.2, 0.25) is 0 Å². The monoisotopic (exact) mass is 275 g/mol. The van der Waals surface area contributed by atoms with Crippen LogP contribution in [-0.4, -0.2) is 10.8 Å². The van der Waals surface area contributed by atoms with E-state index in [2.05, 4.69) is 5.32 Å². The zero-order valence-electron chi connectivity index (χ0n) is 10.2. The molecule has 0 heterocycles. The number of nitrogens with one attached hydrogen (secondary N) is 1. The van der Waals surface area contributed by atoms with Gasteiger partial charge in [0.2, 0.25) is 0 Å². The Balaban J connectivity index is 2.21. The fraction of sp³-hybridized carbons (Fsp3) is 0. The zero-order chi connectivity index (χ0) is 14.7. The number of hydrogen-bond donors (Lipinski definition) is 2. The number of rotatable bonds is 3. The molecule has 102 valence electrons. The summed E-state index contributed by atoms with van der Waals surface area (Å²) in [5.41, 5.74) is 5.80. The number of carbonyl (C=O) groups excluding carboxylic acids is 1. The van der Waals surface area contributed by atoms with E-state index in [1.807, 2.05) is 0 Å². The van der Waals surface area contributed by atoms with E-state index in [4.69, 9.17) is 5.73 Å². The van der Waals surface area contributed by atoms with Crippen molar-refractivity contribution in [2.24, 2.45) is 0 Å². The first-order valence-corrected chi connectivity index (χ1v) is 5.58. The maximum atomic E-state index is 13.6. The van der Waals surface area contributed by atoms with Crippen molar-refractivity contribution in [1.29, 1.82) is 0 Å². The summed E-state index contributed by atoms with van der Waals surface area (Å²) in [6, 6.07) is 9.15. The fourth-order valence-electron chi connectivity index (χ4n) is 1.57. The number of amides is 1. The minimum absolute atomic E-state index is 0.271. The van der Waals surface area contributed by atoms with Crippen LogP contribution in [-0.2, 0) is 0 Å². The van der Waals surface area contributed by atoms with Gasteiger partial charge in [-0.15, -0.1) is 0 Å². The van der Waals surface area contributed by atoms with Crippen LogP contribution in [0, 0.1) is 15.9 Å². The lowest BCUT2D eigenvalue weighted by Crippen LogP contribution is -2.13. The Morgan fingerprint density at radius 3 is 2.40 bits per heavy atom. The van der Waals surface area contributed by atoms with Crippen LogP contribution < -0.4 is 11.1 Å². The van der Waals surface area contributed by atoms with Gasteiger partial charge in [-0.3, -0.25) is 14.9 Å². The summed E-state index contributed by atoms with van der Waals surface area (Å²) in [6.07, 6.45) is 0. The molecule has 2 aromatic carbocycles. The predicted octanol–water partition coefficient (Wildman–Crippen LogP) is 2.57. The number of anilines is 2. The van der Waals surface area contributed by atoms with E-state index in [1.54, 1.807) is 24.3 Å². The quantitative estimate of drug-likeness (QED) is 0.511. The molecule has 0 saturated carbocycles. The molecular weight excluding hydrogens is 265 g/mol. The molecule has 2 aromatic rings. The number of benzene rings is 2. The summed E-state index contributed by atoms with van der Waals surface area (Å²) in [6.45, 7) is 0. The molecule has 0 radical (unpaired) electrons. The molecule has 2 rings (SSSR count). The Bertz CT molecular complexity index is 671. The lowest BCUT2D eigenvalue weighted by molar-refractivity contribution is -0.385. The summed E-state index contributed by atoms with van der Waals surface area (Å²) < 4.78 is 13.6. The highest BCUT2D eigenvalue weighted by Gasteiger charge is 2.16. The van der Waals surface area contributed by atoms with Crippen molar-refractivity contribution >= 4 is 23.0 Å². The number of halogens is 1. The minimum atomic E-state index is -0.952. The molecule has 0 fully saturated rings. The third kappa shape index (κ3) is 2.89. The summed E-state index contributed by atoms with van der Waals surface area (Å²) in [4.78, 5) is 21.6. The Morgan fingerprint density at radius 2 is 1.85 bits per heavy atom. The highest BCUT2D eigenvalue weighted by Crippen LogP contribution is 2.18. The van der Waals surface area contributed by atoms with Crippen molar-refractivity contribution in [3.8, 4) is 0 Å². The van der Waals surface area contributed by atoms with Gasteiger partial charge in [0, 0.05) is 17.4 Å². The summed E-state index contributed by atoms with van der Waals surface area (Å²) in [7, 11) is 0. The smallest absolute Gasteiger partial charge is 0.272 e. The van der Waals surface area contributed by atoms with E-state index in [-0.39, 0.29) is 5.56 Å². The molecule has 6 nitrogen and oxygen atoms in total. The van der Waals surface area contributed by atoms with E-state index in [0.29, 0.717) is 17.4 Å². The maximum Gasteiger partial charge on any atom is 0.272 e. The summed E-state index contributed by atoms with van der Waals surface area (Å²) in [5, 5.41) is 13.0. The average Bonchev–Trinajstić information content (AvgIpc) is 2.41. The second kappa shape index (κ2) is 5.35. The SMILES string of the molecule is Nc1ccc(NC(=O)c2ccc([N+](=O)[O-])cc2F)cc1. The Morgan fingerprint density at radius 1 is 1.20 bits per heavy atom. The number of nitrogen functional groups attached to an aromatic ring is 1. The van der Waals surface area contributed by atoms with E-state index < -0.39 is 22.3 Å². The van der Waals surface area contributed by atoms with Crippen LogP contribution in [0.15, 0.2) is 42.5 Å². The largest absolute Gasteiger partial charge is 0.399 e. The minimum Gasteiger partial charge on any atom is -0.399 e. The van der Waals surface area contributed by atoms with Crippen LogP contribution in [0.5, 0.6) is 0 Å². The van der Waals surface area contributed by atoms with Crippen molar-refractivity contribution in [2.75, 3.05) is 11.1 Å². The van der Waals surface area contributed by atoms with Crippen molar-refractivity contribution in [3.05, 3.63) is 64.0 Å². The van der Waals surface area contributed by atoms with Crippen molar-refractivity contribution in [3.63, 3.8) is 0 Å². The van der Waals surface area contributed by atoms with Gasteiger partial charge in [0.25, 0.3) is 11.6 Å². The standard InChI is InChI=1S/C13H10FN3O3/c14-12-7-10(17(19)20)5-6-11(12)13(18)16-9-3-1-8(15)2-4-9/h1-7H,15H2,(H,16,18). The predicted molar refractivity (Wildman–Crippen MR) is 71.9 cm³/mol. The van der Waals surface area contributed by atoms with Gasteiger partial charge in [0.05, 0.1) is 16.6 Å². The number of non-ortho nitro benzene ring substituents is 1. The first-order chi connectivity index (χ1) is 9.47. The molecule has 1 amide bonds. The molecule has 20 heavy (non-hydrogen) atoms. The molecule has 0 aromatic heterocycles. The van der Waals surface area contributed by atoms with E-state index in [1.165, 1.54) is 0 Å². The maximum absolute atomic E-state index is 13.6. The third-order valence-electron chi connectivity index (χ3n) is 2.58. The van der Waals surface area contributed by atoms with Crippen molar-refractivity contribution < 1.29 is 14.1 Å². The molecule has 0 saturated heterocycles. The van der Waals surface area contributed by atoms with Gasteiger partial charge in [0.1, 0.15) is 5.82 Å². The van der Waals surface area contributed by atoms with Gasteiger partial charge >= 0.3 is 0 Å². The van der Waals surface area contributed by atoms with Gasteiger partial charge in [-0.2, -0.15) is 0 Å². The highest BCUT2D eigenvalue weighted by molar-refractivity contribution is 6.04. The van der Waals surface area contributed by atoms with Crippen LogP contribution in [0.25, 0.3) is 0 Å². The lowest BCUT2D eigenvalue weighted by Gasteiger charge is -2.06. The average molecular weight is 275 g/mol. The lowest BCUT2D eigenvalue weighted by atomic mass is 10.1. The van der Waals surface area contributed by atoms with Gasteiger partial charge in [0.15, 0.2) is 0 Å². The molecule has 0 spiro atoms. The van der Waals surface area contributed by atoms with Crippen LogP contribution in [0.1, 0.15) is 10.4 Å². The molecule has 0 aliphatic heterocycles. The molecule has 0 atom stereocenters. The van der Waals surface area contributed by atoms with Gasteiger partial charge < -0.3 is 11.1 Å². The van der Waals surface area contributed by atoms with Gasteiger partial charge in [-0.05, 0) is 30.3 Å². The second-order valence-electron chi connectivity index (χ2n) is 4.00. The van der Waals surface area contributed by atoms with Crippen LogP contribution in [0.3, 0.4) is 0 Å². The van der Waals surface area contributed by atoms with Gasteiger partial charge in [-0.1, -0.05) is 0 Å². The normalized spacial score (nSPS) is 10.1. The number of hydrogen-bond acceptors (Lipinski definition) is 4. The zero-order valence-corrected chi connectivity index (χ0v) is 10.2. The first kappa shape index (κ1) is 13.5. The molecular formula is C13H10FN3O3. The van der Waals surface area contributed by atoms with E-state index in [9.17, 15) is 19.3 Å². The summed E-state index contributed by atoms with van der Waals surface area (Å²) in [5.74, 6) is -1.64. The Hall–Kier alpha value is -2.96. The molecule has 3 N–H and O–H groups in total. The second-order valence-corrected chi connectivity index (χ2v) is 4.00. The van der Waals surface area contributed by atoms with Crippen molar-refractivity contribution in [1.82, 2.24) is 0 Å². The number of nitrogens with two attached hydrogens (primary N) is 1. The van der Waals surface area contributed by atoms with Crippen LogP contribution >= 0.6 is 0 Å².